The molecular formula is C18H28N2O2. The van der Waals surface area contributed by atoms with E-state index in [1.807, 2.05) is 19.1 Å². The molecule has 4 heteroatoms. The molecule has 0 bridgehead atoms. The lowest BCUT2D eigenvalue weighted by Gasteiger charge is -2.25. The van der Waals surface area contributed by atoms with Crippen LogP contribution in [0, 0.1) is 6.92 Å². The number of ether oxygens (including phenoxy) is 1. The number of amides is 2. The van der Waals surface area contributed by atoms with E-state index in [-0.39, 0.29) is 12.1 Å². The van der Waals surface area contributed by atoms with E-state index >= 15 is 0 Å². The maximum absolute atomic E-state index is 12.2. The molecule has 0 spiro atoms. The second-order valence-electron chi connectivity index (χ2n) is 6.14. The Bertz CT molecular complexity index is 496. The summed E-state index contributed by atoms with van der Waals surface area (Å²) < 4.78 is 5.30. The van der Waals surface area contributed by atoms with Crippen molar-refractivity contribution < 1.29 is 9.53 Å². The second-order valence-corrected chi connectivity index (χ2v) is 6.14. The van der Waals surface area contributed by atoms with Crippen LogP contribution in [-0.2, 0) is 0 Å². The van der Waals surface area contributed by atoms with Crippen LogP contribution >= 0.6 is 0 Å². The van der Waals surface area contributed by atoms with Gasteiger partial charge in [-0.15, -0.1) is 0 Å². The third-order valence-corrected chi connectivity index (χ3v) is 4.48. The summed E-state index contributed by atoms with van der Waals surface area (Å²) >= 11 is 0. The van der Waals surface area contributed by atoms with Gasteiger partial charge in [-0.25, -0.2) is 4.79 Å². The summed E-state index contributed by atoms with van der Waals surface area (Å²) in [6, 6.07) is 6.41. The molecule has 1 aromatic carbocycles. The highest BCUT2D eigenvalue weighted by Crippen LogP contribution is 2.24. The van der Waals surface area contributed by atoms with Gasteiger partial charge in [-0.3, -0.25) is 0 Å². The SMILES string of the molecule is CC[C@H](NC(=O)NC1CCCCC1)c1ccc(OC)c(C)c1. The molecule has 2 rings (SSSR count). The average molecular weight is 304 g/mol. The van der Waals surface area contributed by atoms with Crippen molar-refractivity contribution in [1.29, 1.82) is 0 Å². The molecule has 1 aliphatic carbocycles. The van der Waals surface area contributed by atoms with Gasteiger partial charge in [0, 0.05) is 6.04 Å². The van der Waals surface area contributed by atoms with Gasteiger partial charge in [-0.05, 0) is 43.4 Å². The van der Waals surface area contributed by atoms with Crippen LogP contribution in [0.5, 0.6) is 5.75 Å². The Kier molecular flexibility index (Phi) is 6.10. The monoisotopic (exact) mass is 304 g/mol. The fraction of sp³-hybridized carbons (Fsp3) is 0.611. The third kappa shape index (κ3) is 4.39. The molecule has 0 radical (unpaired) electrons. The van der Waals surface area contributed by atoms with Gasteiger partial charge in [-0.2, -0.15) is 0 Å². The normalized spacial score (nSPS) is 16.9. The zero-order valence-corrected chi connectivity index (χ0v) is 13.9. The van der Waals surface area contributed by atoms with E-state index in [0.717, 1.165) is 36.1 Å². The van der Waals surface area contributed by atoms with Crippen molar-refractivity contribution in [3.05, 3.63) is 29.3 Å². The molecule has 1 saturated carbocycles. The Balaban J connectivity index is 1.95. The zero-order valence-electron chi connectivity index (χ0n) is 13.9. The van der Waals surface area contributed by atoms with Crippen molar-refractivity contribution in [2.45, 2.75) is 64.5 Å². The fourth-order valence-electron chi connectivity index (χ4n) is 3.17. The van der Waals surface area contributed by atoms with Crippen molar-refractivity contribution in [2.24, 2.45) is 0 Å². The molecule has 1 aromatic rings. The maximum atomic E-state index is 12.2. The number of carbonyl (C=O) groups is 1. The van der Waals surface area contributed by atoms with Gasteiger partial charge < -0.3 is 15.4 Å². The van der Waals surface area contributed by atoms with Crippen LogP contribution in [0.3, 0.4) is 0 Å². The number of aryl methyl sites for hydroxylation is 1. The fourth-order valence-corrected chi connectivity index (χ4v) is 3.17. The Morgan fingerprint density at radius 1 is 1.32 bits per heavy atom. The summed E-state index contributed by atoms with van der Waals surface area (Å²) in [6.07, 6.45) is 6.81. The predicted octanol–water partition coefficient (Wildman–Crippen LogP) is 4.09. The number of methoxy groups -OCH3 is 1. The lowest BCUT2D eigenvalue weighted by Crippen LogP contribution is -2.44. The molecular weight excluding hydrogens is 276 g/mol. The Morgan fingerprint density at radius 3 is 2.64 bits per heavy atom. The van der Waals surface area contributed by atoms with Gasteiger partial charge in [0.15, 0.2) is 0 Å². The minimum atomic E-state index is -0.0489. The first-order chi connectivity index (χ1) is 10.6. The van der Waals surface area contributed by atoms with Gasteiger partial charge in [0.1, 0.15) is 5.75 Å². The van der Waals surface area contributed by atoms with Crippen molar-refractivity contribution in [3.63, 3.8) is 0 Å². The first kappa shape index (κ1) is 16.7. The Hall–Kier alpha value is -1.71. The van der Waals surface area contributed by atoms with Gasteiger partial charge in [0.05, 0.1) is 13.2 Å². The van der Waals surface area contributed by atoms with Crippen LogP contribution in [0.15, 0.2) is 18.2 Å². The van der Waals surface area contributed by atoms with E-state index in [4.69, 9.17) is 4.74 Å². The summed E-state index contributed by atoms with van der Waals surface area (Å²) in [6.45, 7) is 4.11. The minimum absolute atomic E-state index is 0.0354. The lowest BCUT2D eigenvalue weighted by molar-refractivity contribution is 0.228. The molecule has 1 aliphatic rings. The van der Waals surface area contributed by atoms with E-state index < -0.39 is 0 Å². The first-order valence-corrected chi connectivity index (χ1v) is 8.35. The molecule has 1 atom stereocenters. The van der Waals surface area contributed by atoms with Crippen molar-refractivity contribution in [1.82, 2.24) is 10.6 Å². The molecule has 4 nitrogen and oxygen atoms in total. The molecule has 0 unspecified atom stereocenters. The van der Waals surface area contributed by atoms with Gasteiger partial charge >= 0.3 is 6.03 Å². The number of nitrogens with one attached hydrogen (secondary N) is 2. The minimum Gasteiger partial charge on any atom is -0.496 e. The third-order valence-electron chi connectivity index (χ3n) is 4.48. The van der Waals surface area contributed by atoms with Crippen LogP contribution in [0.25, 0.3) is 0 Å². The van der Waals surface area contributed by atoms with Gasteiger partial charge in [0.2, 0.25) is 0 Å². The number of hydrogen-bond donors (Lipinski definition) is 2. The molecule has 0 aromatic heterocycles. The Morgan fingerprint density at radius 2 is 2.05 bits per heavy atom. The molecule has 0 aliphatic heterocycles. The van der Waals surface area contributed by atoms with Gasteiger partial charge in [-0.1, -0.05) is 38.3 Å². The summed E-state index contributed by atoms with van der Waals surface area (Å²) in [5, 5.41) is 6.22. The number of benzene rings is 1. The summed E-state index contributed by atoms with van der Waals surface area (Å²) in [5.74, 6) is 0.880. The van der Waals surface area contributed by atoms with Crippen LogP contribution < -0.4 is 15.4 Å². The number of urea groups is 1. The van der Waals surface area contributed by atoms with Crippen LogP contribution in [0.1, 0.15) is 62.6 Å². The van der Waals surface area contributed by atoms with Crippen molar-refractivity contribution >= 4 is 6.03 Å². The predicted molar refractivity (Wildman–Crippen MR) is 89.3 cm³/mol. The molecule has 1 fully saturated rings. The van der Waals surface area contributed by atoms with E-state index in [0.29, 0.717) is 6.04 Å². The smallest absolute Gasteiger partial charge is 0.315 e. The molecule has 122 valence electrons. The highest BCUT2D eigenvalue weighted by atomic mass is 16.5. The van der Waals surface area contributed by atoms with Crippen LogP contribution in [0.2, 0.25) is 0 Å². The van der Waals surface area contributed by atoms with E-state index in [2.05, 4.69) is 23.6 Å². The van der Waals surface area contributed by atoms with Crippen LogP contribution in [0.4, 0.5) is 4.79 Å². The summed E-state index contributed by atoms with van der Waals surface area (Å²) in [4.78, 5) is 12.2. The largest absolute Gasteiger partial charge is 0.496 e. The summed E-state index contributed by atoms with van der Waals surface area (Å²) in [7, 11) is 1.68. The van der Waals surface area contributed by atoms with Crippen molar-refractivity contribution in [2.75, 3.05) is 7.11 Å². The maximum Gasteiger partial charge on any atom is 0.315 e. The number of carbonyl (C=O) groups excluding carboxylic acids is 1. The van der Waals surface area contributed by atoms with E-state index in [9.17, 15) is 4.79 Å². The quantitative estimate of drug-likeness (QED) is 0.861. The molecule has 22 heavy (non-hydrogen) atoms. The van der Waals surface area contributed by atoms with Gasteiger partial charge in [0.25, 0.3) is 0 Å². The van der Waals surface area contributed by atoms with Crippen LogP contribution in [-0.4, -0.2) is 19.2 Å². The zero-order chi connectivity index (χ0) is 15.9. The number of hydrogen-bond acceptors (Lipinski definition) is 2. The topological polar surface area (TPSA) is 50.4 Å². The Labute approximate surface area is 133 Å². The molecule has 2 amide bonds. The molecule has 0 heterocycles. The number of rotatable bonds is 5. The highest BCUT2D eigenvalue weighted by Gasteiger charge is 2.18. The second kappa shape index (κ2) is 8.06. The van der Waals surface area contributed by atoms with Crippen molar-refractivity contribution in [3.8, 4) is 5.75 Å². The molecule has 0 saturated heterocycles. The summed E-state index contributed by atoms with van der Waals surface area (Å²) in [5.41, 5.74) is 2.22. The first-order valence-electron chi connectivity index (χ1n) is 8.35. The average Bonchev–Trinajstić information content (AvgIpc) is 2.53. The molecule has 2 N–H and O–H groups in total. The lowest BCUT2D eigenvalue weighted by atomic mass is 9.96. The standard InChI is InChI=1S/C18H28N2O2/c1-4-16(14-10-11-17(22-3)13(2)12-14)20-18(21)19-15-8-6-5-7-9-15/h10-12,15-16H,4-9H2,1-3H3,(H2,19,20,21)/t16-/m0/s1. The van der Waals surface area contributed by atoms with E-state index in [1.54, 1.807) is 7.11 Å². The highest BCUT2D eigenvalue weighted by molar-refractivity contribution is 5.74. The van der Waals surface area contributed by atoms with E-state index in [1.165, 1.54) is 19.3 Å².